The van der Waals surface area contributed by atoms with Gasteiger partial charge in [-0.1, -0.05) is 12.2 Å². The lowest BCUT2D eigenvalue weighted by molar-refractivity contribution is 0.170. The van der Waals surface area contributed by atoms with E-state index in [0.29, 0.717) is 19.8 Å². The van der Waals surface area contributed by atoms with Crippen LogP contribution in [-0.4, -0.2) is 19.8 Å². The molecule has 0 bridgehead atoms. The number of rotatable bonds is 4. The summed E-state index contributed by atoms with van der Waals surface area (Å²) in [6.07, 6.45) is 3.91. The van der Waals surface area contributed by atoms with Crippen molar-refractivity contribution in [3.8, 4) is 0 Å². The number of hydrogen-bond acceptors (Lipinski definition) is 2. The van der Waals surface area contributed by atoms with Crippen LogP contribution < -0.4 is 5.73 Å². The van der Waals surface area contributed by atoms with Gasteiger partial charge in [-0.05, 0) is 6.92 Å². The van der Waals surface area contributed by atoms with Crippen LogP contribution in [0.5, 0.6) is 0 Å². The molecule has 0 radical (unpaired) electrons. The maximum atomic E-state index is 5.16. The molecule has 0 aromatic carbocycles. The van der Waals surface area contributed by atoms with E-state index in [1.807, 2.05) is 19.1 Å². The van der Waals surface area contributed by atoms with Crippen LogP contribution in [0.1, 0.15) is 6.92 Å². The fourth-order valence-electron chi connectivity index (χ4n) is 0.331. The highest BCUT2D eigenvalue weighted by molar-refractivity contribution is 4.75. The van der Waals surface area contributed by atoms with Crippen LogP contribution in [0, 0.1) is 0 Å². The molecule has 2 N–H and O–H groups in total. The monoisotopic (exact) mass is 115 g/mol. The maximum absolute atomic E-state index is 5.16. The summed E-state index contributed by atoms with van der Waals surface area (Å²) in [6, 6.07) is 0. The Morgan fingerprint density at radius 3 is 2.88 bits per heavy atom. The highest BCUT2D eigenvalue weighted by Crippen LogP contribution is 1.73. The van der Waals surface area contributed by atoms with E-state index in [9.17, 15) is 0 Å². The molecule has 0 spiro atoms. The fraction of sp³-hybridized carbons (Fsp3) is 0.667. The molecule has 0 amide bonds. The predicted molar refractivity (Wildman–Crippen MR) is 34.7 cm³/mol. The molecule has 0 aromatic heterocycles. The van der Waals surface area contributed by atoms with Gasteiger partial charge in [-0.15, -0.1) is 0 Å². The van der Waals surface area contributed by atoms with E-state index in [1.165, 1.54) is 0 Å². The minimum absolute atomic E-state index is 0.609. The second-order valence-electron chi connectivity index (χ2n) is 1.43. The zero-order valence-electron chi connectivity index (χ0n) is 5.26. The van der Waals surface area contributed by atoms with Gasteiger partial charge in [0.05, 0.1) is 13.2 Å². The van der Waals surface area contributed by atoms with Gasteiger partial charge in [-0.3, -0.25) is 0 Å². The molecule has 0 saturated carbocycles. The summed E-state index contributed by atoms with van der Waals surface area (Å²) >= 11 is 0. The van der Waals surface area contributed by atoms with Gasteiger partial charge < -0.3 is 10.5 Å². The molecule has 0 rings (SSSR count). The second-order valence-corrected chi connectivity index (χ2v) is 1.43. The Labute approximate surface area is 50.3 Å². The van der Waals surface area contributed by atoms with Crippen molar-refractivity contribution in [1.29, 1.82) is 0 Å². The molecule has 0 aliphatic carbocycles. The molecule has 2 nitrogen and oxygen atoms in total. The Bertz CT molecular complexity index is 61.5. The first-order valence-corrected chi connectivity index (χ1v) is 2.80. The molecule has 0 atom stereocenters. The molecule has 0 fully saturated rings. The summed E-state index contributed by atoms with van der Waals surface area (Å²) in [4.78, 5) is 0. The Kier molecular flexibility index (Phi) is 6.38. The molecular weight excluding hydrogens is 102 g/mol. The summed E-state index contributed by atoms with van der Waals surface area (Å²) in [6.45, 7) is 3.92. The molecule has 0 aliphatic rings. The Hall–Kier alpha value is -0.340. The highest BCUT2D eigenvalue weighted by atomic mass is 16.5. The number of allylic oxidation sites excluding steroid dienone is 1. The minimum Gasteiger partial charge on any atom is -0.376 e. The summed E-state index contributed by atoms with van der Waals surface area (Å²) in [5, 5.41) is 0. The van der Waals surface area contributed by atoms with Gasteiger partial charge in [0.25, 0.3) is 0 Å². The minimum atomic E-state index is 0.609. The smallest absolute Gasteiger partial charge is 0.0647 e. The fourth-order valence-corrected chi connectivity index (χ4v) is 0.331. The number of ether oxygens (including phenoxy) is 1. The molecule has 0 aromatic rings. The van der Waals surface area contributed by atoms with E-state index in [0.717, 1.165) is 0 Å². The van der Waals surface area contributed by atoms with Crippen molar-refractivity contribution in [2.45, 2.75) is 6.92 Å². The Morgan fingerprint density at radius 1 is 1.62 bits per heavy atom. The molecular formula is C6H13NO. The third-order valence-corrected chi connectivity index (χ3v) is 0.712. The van der Waals surface area contributed by atoms with Crippen LogP contribution in [0.15, 0.2) is 12.2 Å². The lowest BCUT2D eigenvalue weighted by Gasteiger charge is -1.93. The van der Waals surface area contributed by atoms with Gasteiger partial charge >= 0.3 is 0 Å². The molecule has 0 saturated heterocycles. The zero-order valence-corrected chi connectivity index (χ0v) is 5.26. The van der Waals surface area contributed by atoms with Crippen molar-refractivity contribution in [2.24, 2.45) is 5.73 Å². The molecule has 0 aliphatic heterocycles. The summed E-state index contributed by atoms with van der Waals surface area (Å²) in [7, 11) is 0. The van der Waals surface area contributed by atoms with Gasteiger partial charge in [0.1, 0.15) is 0 Å². The van der Waals surface area contributed by atoms with E-state index in [-0.39, 0.29) is 0 Å². The molecule has 48 valence electrons. The topological polar surface area (TPSA) is 35.2 Å². The predicted octanol–water partition coefficient (Wildman–Crippen LogP) is 0.538. The van der Waals surface area contributed by atoms with Gasteiger partial charge in [-0.25, -0.2) is 0 Å². The number of hydrogen-bond donors (Lipinski definition) is 1. The first-order chi connectivity index (χ1) is 3.91. The summed E-state index contributed by atoms with van der Waals surface area (Å²) < 4.78 is 5.01. The summed E-state index contributed by atoms with van der Waals surface area (Å²) in [5.74, 6) is 0. The molecule has 2 heteroatoms. The first kappa shape index (κ1) is 7.66. The van der Waals surface area contributed by atoms with Crippen LogP contribution in [0.3, 0.4) is 0 Å². The van der Waals surface area contributed by atoms with Gasteiger partial charge in [0, 0.05) is 6.54 Å². The largest absolute Gasteiger partial charge is 0.376 e. The highest BCUT2D eigenvalue weighted by Gasteiger charge is 1.76. The Morgan fingerprint density at radius 2 is 2.38 bits per heavy atom. The molecule has 8 heavy (non-hydrogen) atoms. The average Bonchev–Trinajstić information content (AvgIpc) is 1.81. The third kappa shape index (κ3) is 5.66. The van der Waals surface area contributed by atoms with Gasteiger partial charge in [-0.2, -0.15) is 0 Å². The van der Waals surface area contributed by atoms with Crippen molar-refractivity contribution in [3.63, 3.8) is 0 Å². The van der Waals surface area contributed by atoms with Gasteiger partial charge in [0.2, 0.25) is 0 Å². The van der Waals surface area contributed by atoms with Crippen molar-refractivity contribution in [2.75, 3.05) is 19.8 Å². The van der Waals surface area contributed by atoms with Crippen LogP contribution >= 0.6 is 0 Å². The van der Waals surface area contributed by atoms with Crippen LogP contribution in [-0.2, 0) is 4.74 Å². The normalized spacial score (nSPS) is 10.8. The molecule has 0 unspecified atom stereocenters. The Balaban J connectivity index is 2.72. The number of nitrogens with two attached hydrogens (primary N) is 1. The maximum Gasteiger partial charge on any atom is 0.0647 e. The second kappa shape index (κ2) is 6.66. The van der Waals surface area contributed by atoms with E-state index in [4.69, 9.17) is 10.5 Å². The first-order valence-electron chi connectivity index (χ1n) is 2.80. The van der Waals surface area contributed by atoms with Crippen molar-refractivity contribution in [1.82, 2.24) is 0 Å². The van der Waals surface area contributed by atoms with E-state index in [2.05, 4.69) is 0 Å². The molecule has 0 heterocycles. The van der Waals surface area contributed by atoms with Crippen LogP contribution in [0.2, 0.25) is 0 Å². The van der Waals surface area contributed by atoms with Crippen LogP contribution in [0.4, 0.5) is 0 Å². The van der Waals surface area contributed by atoms with Crippen LogP contribution in [0.25, 0.3) is 0 Å². The lowest BCUT2D eigenvalue weighted by atomic mass is 10.5. The lowest BCUT2D eigenvalue weighted by Crippen LogP contribution is -2.07. The third-order valence-electron chi connectivity index (χ3n) is 0.712. The van der Waals surface area contributed by atoms with E-state index >= 15 is 0 Å². The van der Waals surface area contributed by atoms with Crippen molar-refractivity contribution >= 4 is 0 Å². The zero-order chi connectivity index (χ0) is 6.24. The van der Waals surface area contributed by atoms with Crippen molar-refractivity contribution < 1.29 is 4.74 Å². The van der Waals surface area contributed by atoms with E-state index < -0.39 is 0 Å². The van der Waals surface area contributed by atoms with Gasteiger partial charge in [0.15, 0.2) is 0 Å². The van der Waals surface area contributed by atoms with E-state index in [1.54, 1.807) is 0 Å². The SMILES string of the molecule is C/C=C/COCCN. The average molecular weight is 115 g/mol. The summed E-state index contributed by atoms with van der Waals surface area (Å²) in [5.41, 5.74) is 5.16. The van der Waals surface area contributed by atoms with Crippen molar-refractivity contribution in [3.05, 3.63) is 12.2 Å². The quantitative estimate of drug-likeness (QED) is 0.428. The standard InChI is InChI=1S/C6H13NO/c1-2-3-5-8-6-4-7/h2-3H,4-7H2,1H3/b3-2+.